The van der Waals surface area contributed by atoms with Crippen molar-refractivity contribution in [1.82, 2.24) is 14.9 Å². The Morgan fingerprint density at radius 1 is 1.14 bits per heavy atom. The molecule has 1 aromatic carbocycles. The summed E-state index contributed by atoms with van der Waals surface area (Å²) in [5.41, 5.74) is 3.71. The molecule has 0 spiro atoms. The Morgan fingerprint density at radius 2 is 2.00 bits per heavy atom. The predicted octanol–water partition coefficient (Wildman–Crippen LogP) is 2.32. The largest absolute Gasteiger partial charge is 0.493 e. The van der Waals surface area contributed by atoms with Gasteiger partial charge >= 0.3 is 0 Å². The van der Waals surface area contributed by atoms with Crippen LogP contribution >= 0.6 is 0 Å². The van der Waals surface area contributed by atoms with Crippen LogP contribution in [0.25, 0.3) is 0 Å². The van der Waals surface area contributed by atoms with Gasteiger partial charge in [0.1, 0.15) is 0 Å². The van der Waals surface area contributed by atoms with Crippen LogP contribution in [0.3, 0.4) is 0 Å². The van der Waals surface area contributed by atoms with Crippen molar-refractivity contribution in [2.75, 3.05) is 27.3 Å². The second-order valence-corrected chi connectivity index (χ2v) is 7.28. The van der Waals surface area contributed by atoms with Crippen LogP contribution in [0.15, 0.2) is 28.0 Å². The van der Waals surface area contributed by atoms with Gasteiger partial charge in [-0.05, 0) is 37.0 Å². The normalized spacial score (nSPS) is 17.0. The van der Waals surface area contributed by atoms with Gasteiger partial charge in [0.2, 0.25) is 0 Å². The zero-order chi connectivity index (χ0) is 19.5. The molecule has 4 rings (SSSR count). The third-order valence-corrected chi connectivity index (χ3v) is 5.40. The van der Waals surface area contributed by atoms with Gasteiger partial charge in [-0.2, -0.15) is 0 Å². The van der Waals surface area contributed by atoms with Gasteiger partial charge in [-0.1, -0.05) is 6.07 Å². The fourth-order valence-corrected chi connectivity index (χ4v) is 3.88. The van der Waals surface area contributed by atoms with Gasteiger partial charge in [-0.3, -0.25) is 14.7 Å². The molecule has 0 amide bonds. The standard InChI is InChI=1S/C21H26N4O3/c1-27-18-7-6-14(11-19(18)28-2)12-25-10-8-16-15(13-25)21(26)24-20(23-16)17-5-3-4-9-22-17/h6-7,11H,3-5,8-10,12-13H2,1-2H3,(H,23,24,26). The van der Waals surface area contributed by atoms with Crippen molar-refractivity contribution in [3.8, 4) is 11.5 Å². The molecule has 0 bridgehead atoms. The van der Waals surface area contributed by atoms with E-state index in [1.807, 2.05) is 18.2 Å². The lowest BCUT2D eigenvalue weighted by Gasteiger charge is -2.28. The lowest BCUT2D eigenvalue weighted by Crippen LogP contribution is -2.36. The van der Waals surface area contributed by atoms with Crippen LogP contribution in [-0.4, -0.2) is 47.9 Å². The van der Waals surface area contributed by atoms with E-state index in [-0.39, 0.29) is 5.56 Å². The Balaban J connectivity index is 1.52. The summed E-state index contributed by atoms with van der Waals surface area (Å²) in [5.74, 6) is 2.10. The SMILES string of the molecule is COc1ccc(CN2CCc3nc(C4=NCCCC4)[nH]c(=O)c3C2)cc1OC. The first kappa shape index (κ1) is 18.7. The van der Waals surface area contributed by atoms with E-state index in [2.05, 4.69) is 14.9 Å². The number of H-pyrrole nitrogens is 1. The first-order valence-corrected chi connectivity index (χ1v) is 9.77. The highest BCUT2D eigenvalue weighted by molar-refractivity contribution is 5.97. The lowest BCUT2D eigenvalue weighted by atomic mass is 10.0. The number of methoxy groups -OCH3 is 2. The number of aromatic amines is 1. The maximum Gasteiger partial charge on any atom is 0.255 e. The highest BCUT2D eigenvalue weighted by Crippen LogP contribution is 2.28. The molecule has 1 N–H and O–H groups in total. The Morgan fingerprint density at radius 3 is 2.75 bits per heavy atom. The summed E-state index contributed by atoms with van der Waals surface area (Å²) in [6.45, 7) is 3.03. The Kier molecular flexibility index (Phi) is 5.43. The smallest absolute Gasteiger partial charge is 0.255 e. The quantitative estimate of drug-likeness (QED) is 0.858. The van der Waals surface area contributed by atoms with Crippen LogP contribution < -0.4 is 15.0 Å². The molecule has 7 heteroatoms. The molecule has 0 saturated carbocycles. The van der Waals surface area contributed by atoms with Crippen molar-refractivity contribution in [3.05, 3.63) is 51.2 Å². The van der Waals surface area contributed by atoms with E-state index in [0.717, 1.165) is 73.6 Å². The van der Waals surface area contributed by atoms with E-state index in [1.54, 1.807) is 14.2 Å². The Hall–Kier alpha value is -2.67. The van der Waals surface area contributed by atoms with Crippen LogP contribution in [0.2, 0.25) is 0 Å². The second-order valence-electron chi connectivity index (χ2n) is 7.28. The molecule has 2 aliphatic rings. The molecule has 1 aromatic heterocycles. The van der Waals surface area contributed by atoms with Crippen molar-refractivity contribution >= 4 is 5.71 Å². The number of hydrogen-bond acceptors (Lipinski definition) is 6. The number of aliphatic imine (C=N–C) groups is 1. The highest BCUT2D eigenvalue weighted by atomic mass is 16.5. The Bertz CT molecular complexity index is 951. The zero-order valence-electron chi connectivity index (χ0n) is 16.5. The molecule has 0 aliphatic carbocycles. The molecule has 2 aliphatic heterocycles. The third kappa shape index (κ3) is 3.80. The molecule has 3 heterocycles. The molecule has 7 nitrogen and oxygen atoms in total. The molecule has 28 heavy (non-hydrogen) atoms. The molecule has 148 valence electrons. The first-order chi connectivity index (χ1) is 13.7. The number of ether oxygens (including phenoxy) is 2. The third-order valence-electron chi connectivity index (χ3n) is 5.40. The number of fused-ring (bicyclic) bond motifs is 1. The van der Waals surface area contributed by atoms with Gasteiger partial charge in [0.25, 0.3) is 5.56 Å². The van der Waals surface area contributed by atoms with E-state index in [9.17, 15) is 4.79 Å². The van der Waals surface area contributed by atoms with Crippen LogP contribution in [0.4, 0.5) is 0 Å². The van der Waals surface area contributed by atoms with Gasteiger partial charge in [0.05, 0.1) is 31.2 Å². The highest BCUT2D eigenvalue weighted by Gasteiger charge is 2.23. The van der Waals surface area contributed by atoms with Gasteiger partial charge in [-0.25, -0.2) is 4.98 Å². The van der Waals surface area contributed by atoms with Crippen molar-refractivity contribution < 1.29 is 9.47 Å². The second kappa shape index (κ2) is 8.14. The zero-order valence-corrected chi connectivity index (χ0v) is 16.5. The van der Waals surface area contributed by atoms with Crippen LogP contribution in [0, 0.1) is 0 Å². The topological polar surface area (TPSA) is 79.8 Å². The van der Waals surface area contributed by atoms with Gasteiger partial charge in [0.15, 0.2) is 17.3 Å². The van der Waals surface area contributed by atoms with Crippen molar-refractivity contribution in [2.24, 2.45) is 4.99 Å². The number of rotatable bonds is 5. The van der Waals surface area contributed by atoms with Gasteiger partial charge in [-0.15, -0.1) is 0 Å². The monoisotopic (exact) mass is 382 g/mol. The molecule has 0 radical (unpaired) electrons. The lowest BCUT2D eigenvalue weighted by molar-refractivity contribution is 0.241. The van der Waals surface area contributed by atoms with Gasteiger partial charge < -0.3 is 14.5 Å². The molecule has 2 aromatic rings. The minimum Gasteiger partial charge on any atom is -0.493 e. The van der Waals surface area contributed by atoms with Crippen LogP contribution in [0.1, 0.15) is 41.9 Å². The number of nitrogens with zero attached hydrogens (tertiary/aromatic N) is 3. The average molecular weight is 382 g/mol. The molecule has 0 fully saturated rings. The minimum atomic E-state index is -0.0368. The van der Waals surface area contributed by atoms with Crippen molar-refractivity contribution in [1.29, 1.82) is 0 Å². The number of benzene rings is 1. The molecule has 0 unspecified atom stereocenters. The summed E-state index contributed by atoms with van der Waals surface area (Å²) >= 11 is 0. The van der Waals surface area contributed by atoms with Gasteiger partial charge in [0, 0.05) is 32.6 Å². The van der Waals surface area contributed by atoms with E-state index >= 15 is 0 Å². The fourth-order valence-electron chi connectivity index (χ4n) is 3.88. The van der Waals surface area contributed by atoms with Crippen molar-refractivity contribution in [3.63, 3.8) is 0 Å². The van der Waals surface area contributed by atoms with E-state index in [4.69, 9.17) is 14.5 Å². The number of nitrogens with one attached hydrogen (secondary N) is 1. The van der Waals surface area contributed by atoms with Crippen LogP contribution in [0.5, 0.6) is 11.5 Å². The van der Waals surface area contributed by atoms with E-state index < -0.39 is 0 Å². The number of aromatic nitrogens is 2. The maximum atomic E-state index is 12.7. The fraction of sp³-hybridized carbons (Fsp3) is 0.476. The van der Waals surface area contributed by atoms with Crippen LogP contribution in [-0.2, 0) is 19.5 Å². The summed E-state index contributed by atoms with van der Waals surface area (Å²) in [5, 5.41) is 0. The predicted molar refractivity (Wildman–Crippen MR) is 107 cm³/mol. The summed E-state index contributed by atoms with van der Waals surface area (Å²) < 4.78 is 10.7. The molecular formula is C21H26N4O3. The molecule has 0 saturated heterocycles. The minimum absolute atomic E-state index is 0.0368. The average Bonchev–Trinajstić information content (AvgIpc) is 2.74. The molecule has 0 atom stereocenters. The summed E-state index contributed by atoms with van der Waals surface area (Å²) in [6.07, 6.45) is 3.89. The van der Waals surface area contributed by atoms with E-state index in [1.165, 1.54) is 0 Å². The molecular weight excluding hydrogens is 356 g/mol. The number of hydrogen-bond donors (Lipinski definition) is 1. The summed E-state index contributed by atoms with van der Waals surface area (Å²) in [4.78, 5) is 27.2. The Labute approximate surface area is 164 Å². The maximum absolute atomic E-state index is 12.7. The summed E-state index contributed by atoms with van der Waals surface area (Å²) in [6, 6.07) is 5.93. The van der Waals surface area contributed by atoms with Crippen molar-refractivity contribution in [2.45, 2.75) is 38.8 Å². The summed E-state index contributed by atoms with van der Waals surface area (Å²) in [7, 11) is 3.27. The first-order valence-electron chi connectivity index (χ1n) is 9.77. The van der Waals surface area contributed by atoms with E-state index in [0.29, 0.717) is 18.1 Å².